The highest BCUT2D eigenvalue weighted by atomic mass is 32.2. The van der Waals surface area contributed by atoms with E-state index >= 15 is 0 Å². The molecule has 0 amide bonds. The number of nitrogen functional groups attached to an aromatic ring is 1. The molecule has 0 spiro atoms. The first-order chi connectivity index (χ1) is 10.1. The maximum Gasteiger partial charge on any atom is 0.235 e. The molecule has 3 rings (SSSR count). The fourth-order valence-corrected chi connectivity index (χ4v) is 6.32. The normalized spacial score (nSPS) is 20.3. The number of anilines is 2. The van der Waals surface area contributed by atoms with Gasteiger partial charge in [0.1, 0.15) is 0 Å². The third-order valence-electron chi connectivity index (χ3n) is 4.31. The van der Waals surface area contributed by atoms with Gasteiger partial charge in [-0.3, -0.25) is 4.31 Å². The highest BCUT2D eigenvalue weighted by Crippen LogP contribution is 2.38. The van der Waals surface area contributed by atoms with E-state index in [9.17, 15) is 8.42 Å². The molecule has 21 heavy (non-hydrogen) atoms. The monoisotopic (exact) mass is 326 g/mol. The summed E-state index contributed by atoms with van der Waals surface area (Å²) in [7, 11) is -3.25. The topological polar surface area (TPSA) is 63.4 Å². The molecule has 1 aromatic carbocycles. The number of hydrogen-bond donors (Lipinski definition) is 1. The Balaban J connectivity index is 1.84. The molecule has 6 heteroatoms. The van der Waals surface area contributed by atoms with Crippen molar-refractivity contribution in [3.8, 4) is 0 Å². The van der Waals surface area contributed by atoms with Crippen molar-refractivity contribution >= 4 is 33.2 Å². The molecule has 0 unspecified atom stereocenters. The molecule has 1 saturated carbocycles. The van der Waals surface area contributed by atoms with Gasteiger partial charge in [-0.1, -0.05) is 19.3 Å². The molecule has 0 bridgehead atoms. The first-order valence-electron chi connectivity index (χ1n) is 7.59. The molecule has 2 aliphatic rings. The summed E-state index contributed by atoms with van der Waals surface area (Å²) in [5.41, 5.74) is 7.23. The van der Waals surface area contributed by atoms with Crippen molar-refractivity contribution < 1.29 is 8.42 Å². The predicted octanol–water partition coefficient (Wildman–Crippen LogP) is 3.09. The Bertz CT molecular complexity index is 610. The van der Waals surface area contributed by atoms with Crippen molar-refractivity contribution in [3.63, 3.8) is 0 Å². The lowest BCUT2D eigenvalue weighted by Crippen LogP contribution is -2.39. The largest absolute Gasteiger partial charge is 0.399 e. The van der Waals surface area contributed by atoms with Crippen LogP contribution in [-0.4, -0.2) is 26.5 Å². The molecule has 0 aromatic heterocycles. The summed E-state index contributed by atoms with van der Waals surface area (Å²) in [6.07, 6.45) is 5.67. The molecule has 1 aromatic rings. The maximum atomic E-state index is 12.8. The van der Waals surface area contributed by atoms with Gasteiger partial charge in [0.2, 0.25) is 10.0 Å². The summed E-state index contributed by atoms with van der Waals surface area (Å²) in [5.74, 6) is 1.41. The molecule has 0 radical (unpaired) electrons. The zero-order chi connectivity index (χ0) is 14.9. The second-order valence-corrected chi connectivity index (χ2v) is 9.01. The van der Waals surface area contributed by atoms with Crippen molar-refractivity contribution in [1.82, 2.24) is 0 Å². The first-order valence-corrected chi connectivity index (χ1v) is 10.2. The lowest BCUT2D eigenvalue weighted by molar-refractivity contribution is 0.384. The van der Waals surface area contributed by atoms with E-state index in [-0.39, 0.29) is 5.75 Å². The highest BCUT2D eigenvalue weighted by Gasteiger charge is 2.30. The SMILES string of the molecule is Nc1ccc2c(c1)N(S(=O)(=O)CC1CCCCC1)CCS2. The van der Waals surface area contributed by atoms with Crippen LogP contribution in [0.25, 0.3) is 0 Å². The molecule has 116 valence electrons. The fraction of sp³-hybridized carbons (Fsp3) is 0.600. The molecule has 0 saturated heterocycles. The van der Waals surface area contributed by atoms with Gasteiger partial charge in [0.25, 0.3) is 0 Å². The maximum absolute atomic E-state index is 12.8. The van der Waals surface area contributed by atoms with Gasteiger partial charge in [-0.2, -0.15) is 0 Å². The number of thioether (sulfide) groups is 1. The van der Waals surface area contributed by atoms with Crippen LogP contribution >= 0.6 is 11.8 Å². The summed E-state index contributed by atoms with van der Waals surface area (Å²) in [6.45, 7) is 0.552. The summed E-state index contributed by atoms with van der Waals surface area (Å²) in [5, 5.41) is 0. The van der Waals surface area contributed by atoms with Crippen molar-refractivity contribution in [2.45, 2.75) is 37.0 Å². The summed E-state index contributed by atoms with van der Waals surface area (Å²) in [4.78, 5) is 1.02. The molecular formula is C15H22N2O2S2. The van der Waals surface area contributed by atoms with Crippen LogP contribution in [0.3, 0.4) is 0 Å². The van der Waals surface area contributed by atoms with E-state index in [4.69, 9.17) is 5.73 Å². The number of hydrogen-bond acceptors (Lipinski definition) is 4. The van der Waals surface area contributed by atoms with E-state index in [2.05, 4.69) is 0 Å². The Kier molecular flexibility index (Phi) is 4.36. The van der Waals surface area contributed by atoms with Gasteiger partial charge in [-0.05, 0) is 37.0 Å². The van der Waals surface area contributed by atoms with Crippen LogP contribution in [-0.2, 0) is 10.0 Å². The van der Waals surface area contributed by atoms with Gasteiger partial charge < -0.3 is 5.73 Å². The van der Waals surface area contributed by atoms with Crippen LogP contribution in [0.4, 0.5) is 11.4 Å². The van der Waals surface area contributed by atoms with Crippen LogP contribution in [0, 0.1) is 5.92 Å². The predicted molar refractivity (Wildman–Crippen MR) is 89.3 cm³/mol. The average Bonchev–Trinajstić information content (AvgIpc) is 2.47. The number of rotatable bonds is 3. The van der Waals surface area contributed by atoms with Crippen LogP contribution in [0.15, 0.2) is 23.1 Å². The number of nitrogens with two attached hydrogens (primary N) is 1. The third-order valence-corrected chi connectivity index (χ3v) is 7.30. The molecule has 0 atom stereocenters. The van der Waals surface area contributed by atoms with Gasteiger partial charge >= 0.3 is 0 Å². The van der Waals surface area contributed by atoms with Crippen LogP contribution in [0.1, 0.15) is 32.1 Å². The Morgan fingerprint density at radius 3 is 2.76 bits per heavy atom. The second kappa shape index (κ2) is 6.08. The number of nitrogens with zero attached hydrogens (tertiary/aromatic N) is 1. The first kappa shape index (κ1) is 15.0. The highest BCUT2D eigenvalue weighted by molar-refractivity contribution is 8.00. The van der Waals surface area contributed by atoms with E-state index in [0.29, 0.717) is 18.2 Å². The average molecular weight is 326 g/mol. The summed E-state index contributed by atoms with van der Waals surface area (Å²) < 4.78 is 27.2. The summed E-state index contributed by atoms with van der Waals surface area (Å²) >= 11 is 1.70. The lowest BCUT2D eigenvalue weighted by Gasteiger charge is -2.32. The van der Waals surface area contributed by atoms with Crippen LogP contribution in [0.5, 0.6) is 0 Å². The standard InChI is InChI=1S/C15H22N2O2S2/c16-13-6-7-15-14(10-13)17(8-9-20-15)21(18,19)11-12-4-2-1-3-5-12/h6-7,10,12H,1-5,8-9,11,16H2. The number of benzene rings is 1. The smallest absolute Gasteiger partial charge is 0.235 e. The quantitative estimate of drug-likeness (QED) is 0.867. The molecule has 4 nitrogen and oxygen atoms in total. The van der Waals surface area contributed by atoms with Crippen molar-refractivity contribution in [2.75, 3.05) is 28.1 Å². The molecule has 1 aliphatic heterocycles. The van der Waals surface area contributed by atoms with Crippen LogP contribution in [0.2, 0.25) is 0 Å². The molecule has 2 N–H and O–H groups in total. The zero-order valence-electron chi connectivity index (χ0n) is 12.1. The molecule has 1 heterocycles. The van der Waals surface area contributed by atoms with Crippen molar-refractivity contribution in [3.05, 3.63) is 18.2 Å². The number of fused-ring (bicyclic) bond motifs is 1. The van der Waals surface area contributed by atoms with Crippen molar-refractivity contribution in [1.29, 1.82) is 0 Å². The second-order valence-electron chi connectivity index (χ2n) is 5.93. The Morgan fingerprint density at radius 2 is 2.00 bits per heavy atom. The van der Waals surface area contributed by atoms with Gasteiger partial charge in [-0.15, -0.1) is 11.8 Å². The molecule has 1 aliphatic carbocycles. The van der Waals surface area contributed by atoms with Crippen molar-refractivity contribution in [2.24, 2.45) is 5.92 Å². The lowest BCUT2D eigenvalue weighted by atomic mass is 9.91. The van der Waals surface area contributed by atoms with E-state index in [1.165, 1.54) is 19.3 Å². The Labute approximate surface area is 131 Å². The minimum atomic E-state index is -3.25. The minimum absolute atomic E-state index is 0.284. The van der Waals surface area contributed by atoms with Gasteiger partial charge in [0.05, 0.1) is 11.4 Å². The molecular weight excluding hydrogens is 304 g/mol. The van der Waals surface area contributed by atoms with E-state index in [1.54, 1.807) is 22.1 Å². The minimum Gasteiger partial charge on any atom is -0.399 e. The van der Waals surface area contributed by atoms with E-state index in [1.807, 2.05) is 12.1 Å². The van der Waals surface area contributed by atoms with Gasteiger partial charge in [-0.25, -0.2) is 8.42 Å². The number of sulfonamides is 1. The Hall–Kier alpha value is -0.880. The third kappa shape index (κ3) is 3.31. The fourth-order valence-electron chi connectivity index (χ4n) is 3.24. The summed E-state index contributed by atoms with van der Waals surface area (Å²) in [6, 6.07) is 5.56. The van der Waals surface area contributed by atoms with Gasteiger partial charge in [0, 0.05) is 22.9 Å². The molecule has 1 fully saturated rings. The van der Waals surface area contributed by atoms with Crippen LogP contribution < -0.4 is 10.0 Å². The van der Waals surface area contributed by atoms with E-state index < -0.39 is 10.0 Å². The van der Waals surface area contributed by atoms with E-state index in [0.717, 1.165) is 29.2 Å². The zero-order valence-corrected chi connectivity index (χ0v) is 13.8. The Morgan fingerprint density at radius 1 is 1.24 bits per heavy atom. The van der Waals surface area contributed by atoms with Gasteiger partial charge in [0.15, 0.2) is 0 Å².